The van der Waals surface area contributed by atoms with Gasteiger partial charge in [0.15, 0.2) is 0 Å². The number of rotatable bonds is 5. The van der Waals surface area contributed by atoms with E-state index in [0.29, 0.717) is 28.9 Å². The number of carbonyl (C=O) groups is 1. The first-order valence-electron chi connectivity index (χ1n) is 10.9. The number of sulfonamides is 1. The maximum atomic E-state index is 13.9. The van der Waals surface area contributed by atoms with Crippen molar-refractivity contribution < 1.29 is 30.8 Å². The zero-order valence-electron chi connectivity index (χ0n) is 19.0. The highest BCUT2D eigenvalue weighted by Crippen LogP contribution is 2.35. The maximum Gasteiger partial charge on any atom is 0.419 e. The van der Waals surface area contributed by atoms with Gasteiger partial charge in [-0.3, -0.25) is 4.79 Å². The fourth-order valence-corrected chi connectivity index (χ4v) is 5.88. The van der Waals surface area contributed by atoms with E-state index in [1.165, 1.54) is 16.4 Å². The molecule has 0 fully saturated rings. The average molecular weight is 541 g/mol. The van der Waals surface area contributed by atoms with Crippen LogP contribution in [0, 0.1) is 12.7 Å². The highest BCUT2D eigenvalue weighted by Gasteiger charge is 2.34. The molecule has 3 aromatic carbocycles. The van der Waals surface area contributed by atoms with Gasteiger partial charge >= 0.3 is 6.18 Å². The number of hydrogen-bond acceptors (Lipinski definition) is 3. The number of amides is 1. The summed E-state index contributed by atoms with van der Waals surface area (Å²) < 4.78 is 79.8. The molecule has 0 atom stereocenters. The smallest absolute Gasteiger partial charge is 0.324 e. The lowest BCUT2D eigenvalue weighted by molar-refractivity contribution is -0.140. The Labute approximate surface area is 210 Å². The van der Waals surface area contributed by atoms with E-state index in [4.69, 9.17) is 11.6 Å². The van der Waals surface area contributed by atoms with Crippen LogP contribution in [0.25, 0.3) is 0 Å². The molecule has 1 aliphatic rings. The van der Waals surface area contributed by atoms with Crippen LogP contribution in [0.5, 0.6) is 0 Å². The lowest BCUT2D eigenvalue weighted by Crippen LogP contribution is -2.36. The van der Waals surface area contributed by atoms with Crippen LogP contribution in [-0.2, 0) is 40.4 Å². The van der Waals surface area contributed by atoms with E-state index in [9.17, 15) is 30.8 Å². The van der Waals surface area contributed by atoms with Crippen LogP contribution >= 0.6 is 11.6 Å². The van der Waals surface area contributed by atoms with Crippen molar-refractivity contribution in [3.8, 4) is 0 Å². The van der Waals surface area contributed by atoms with Gasteiger partial charge in [-0.2, -0.15) is 17.5 Å². The lowest BCUT2D eigenvalue weighted by Gasteiger charge is -2.30. The van der Waals surface area contributed by atoms with Gasteiger partial charge < -0.3 is 5.32 Å². The second kappa shape index (κ2) is 9.84. The zero-order chi connectivity index (χ0) is 26.3. The zero-order valence-corrected chi connectivity index (χ0v) is 20.6. The number of alkyl halides is 3. The molecule has 0 saturated carbocycles. The van der Waals surface area contributed by atoms with Gasteiger partial charge in [0.1, 0.15) is 5.82 Å². The quantitative estimate of drug-likeness (QED) is 0.420. The number of nitrogens with zero attached hydrogens (tertiary/aromatic N) is 1. The number of hydrogen-bond donors (Lipinski definition) is 1. The predicted molar refractivity (Wildman–Crippen MR) is 128 cm³/mol. The van der Waals surface area contributed by atoms with Gasteiger partial charge in [-0.05, 0) is 65.9 Å². The third kappa shape index (κ3) is 5.40. The van der Waals surface area contributed by atoms with E-state index < -0.39 is 33.5 Å². The lowest BCUT2D eigenvalue weighted by atomic mass is 9.98. The van der Waals surface area contributed by atoms with E-state index in [1.807, 2.05) is 0 Å². The third-order valence-electron chi connectivity index (χ3n) is 5.91. The fourth-order valence-electron chi connectivity index (χ4n) is 4.13. The first-order chi connectivity index (χ1) is 16.9. The molecular formula is C25H21ClF4N2O3S. The normalized spacial score (nSPS) is 14.4. The molecule has 1 N–H and O–H groups in total. The second-order valence-corrected chi connectivity index (χ2v) is 10.8. The first-order valence-corrected chi connectivity index (χ1v) is 12.7. The third-order valence-corrected chi connectivity index (χ3v) is 8.07. The van der Waals surface area contributed by atoms with Crippen LogP contribution in [0.15, 0.2) is 59.5 Å². The van der Waals surface area contributed by atoms with Crippen molar-refractivity contribution in [2.45, 2.75) is 37.4 Å². The molecule has 11 heteroatoms. The largest absolute Gasteiger partial charge is 0.419 e. The van der Waals surface area contributed by atoms with Gasteiger partial charge in [0.25, 0.3) is 0 Å². The number of carbonyl (C=O) groups excluding carboxylic acids is 1. The molecule has 1 aliphatic heterocycles. The highest BCUT2D eigenvalue weighted by molar-refractivity contribution is 7.89. The second-order valence-electron chi connectivity index (χ2n) is 8.50. The topological polar surface area (TPSA) is 66.5 Å². The van der Waals surface area contributed by atoms with Crippen LogP contribution in [0.4, 0.5) is 23.2 Å². The molecule has 0 bridgehead atoms. The van der Waals surface area contributed by atoms with Gasteiger partial charge in [-0.1, -0.05) is 35.9 Å². The number of nitrogens with one attached hydrogen (secondary N) is 1. The minimum atomic E-state index is -4.83. The molecule has 0 unspecified atom stereocenters. The Morgan fingerprint density at radius 2 is 1.86 bits per heavy atom. The Morgan fingerprint density at radius 3 is 2.53 bits per heavy atom. The summed E-state index contributed by atoms with van der Waals surface area (Å²) in [5.41, 5.74) is 1.12. The molecule has 0 spiro atoms. The average Bonchev–Trinajstić information content (AvgIpc) is 2.80. The summed E-state index contributed by atoms with van der Waals surface area (Å²) in [7, 11) is -3.73. The minimum absolute atomic E-state index is 0.0642. The Hall–Kier alpha value is -2.95. The molecule has 0 aromatic heterocycles. The Bertz CT molecular complexity index is 1440. The Morgan fingerprint density at radius 1 is 1.11 bits per heavy atom. The van der Waals surface area contributed by atoms with E-state index in [-0.39, 0.29) is 41.4 Å². The Kier molecular flexibility index (Phi) is 7.14. The summed E-state index contributed by atoms with van der Waals surface area (Å²) in [6.45, 7) is 2.05. The summed E-state index contributed by atoms with van der Waals surface area (Å²) in [6.07, 6.45) is -4.92. The van der Waals surface area contributed by atoms with Crippen LogP contribution in [0.1, 0.15) is 27.8 Å². The molecule has 5 nitrogen and oxygen atoms in total. The molecule has 0 aliphatic carbocycles. The van der Waals surface area contributed by atoms with Gasteiger partial charge in [-0.15, -0.1) is 0 Å². The first kappa shape index (κ1) is 26.1. The molecule has 0 radical (unpaired) electrons. The van der Waals surface area contributed by atoms with Crippen molar-refractivity contribution >= 4 is 33.2 Å². The molecule has 190 valence electrons. The van der Waals surface area contributed by atoms with Crippen molar-refractivity contribution in [2.75, 3.05) is 11.9 Å². The van der Waals surface area contributed by atoms with E-state index >= 15 is 0 Å². The maximum absolute atomic E-state index is 13.9. The molecule has 0 saturated heterocycles. The molecule has 36 heavy (non-hydrogen) atoms. The summed E-state index contributed by atoms with van der Waals surface area (Å²) >= 11 is 6.31. The van der Waals surface area contributed by atoms with E-state index in [2.05, 4.69) is 5.32 Å². The standard InChI is InChI=1S/C25H21ClF4N2O3S/c1-15-3-2-4-18(11-15)36(34,35)32-10-9-19-17(14-32)6-8-21(26)24(19)31-23(33)13-16-5-7-20(22(27)12-16)25(28,29)30/h2-8,11-12H,9-10,13-14H2,1H3,(H,31,33). The van der Waals surface area contributed by atoms with Crippen molar-refractivity contribution in [3.05, 3.63) is 93.3 Å². The van der Waals surface area contributed by atoms with Gasteiger partial charge in [0.05, 0.1) is 27.6 Å². The van der Waals surface area contributed by atoms with E-state index in [1.54, 1.807) is 31.2 Å². The van der Waals surface area contributed by atoms with Crippen molar-refractivity contribution in [1.29, 1.82) is 0 Å². The number of halogens is 5. The van der Waals surface area contributed by atoms with Crippen molar-refractivity contribution in [2.24, 2.45) is 0 Å². The minimum Gasteiger partial charge on any atom is -0.324 e. The van der Waals surface area contributed by atoms with Crippen LogP contribution < -0.4 is 5.32 Å². The van der Waals surface area contributed by atoms with Gasteiger partial charge in [0, 0.05) is 13.1 Å². The molecule has 4 rings (SSSR count). The molecule has 3 aromatic rings. The summed E-state index contributed by atoms with van der Waals surface area (Å²) in [5.74, 6) is -2.06. The fraction of sp³-hybridized carbons (Fsp3) is 0.240. The van der Waals surface area contributed by atoms with Crippen LogP contribution in [0.3, 0.4) is 0 Å². The predicted octanol–water partition coefficient (Wildman–Crippen LogP) is 5.73. The van der Waals surface area contributed by atoms with Crippen LogP contribution in [-0.4, -0.2) is 25.2 Å². The molecule has 1 amide bonds. The number of aryl methyl sites for hydroxylation is 1. The van der Waals surface area contributed by atoms with E-state index in [0.717, 1.165) is 11.6 Å². The van der Waals surface area contributed by atoms with Crippen LogP contribution in [0.2, 0.25) is 5.02 Å². The summed E-state index contributed by atoms with van der Waals surface area (Å²) in [5, 5.41) is 2.89. The highest BCUT2D eigenvalue weighted by atomic mass is 35.5. The molecule has 1 heterocycles. The van der Waals surface area contributed by atoms with Crippen molar-refractivity contribution in [1.82, 2.24) is 4.31 Å². The monoisotopic (exact) mass is 540 g/mol. The number of anilines is 1. The molecular weight excluding hydrogens is 520 g/mol. The van der Waals surface area contributed by atoms with Gasteiger partial charge in [0.2, 0.25) is 15.9 Å². The SMILES string of the molecule is Cc1cccc(S(=O)(=O)N2CCc3c(ccc(Cl)c3NC(=O)Cc3ccc(C(F)(F)F)c(F)c3)C2)c1. The Balaban J connectivity index is 1.53. The number of benzene rings is 3. The van der Waals surface area contributed by atoms with Gasteiger partial charge in [-0.25, -0.2) is 12.8 Å². The number of fused-ring (bicyclic) bond motifs is 1. The van der Waals surface area contributed by atoms with Crippen molar-refractivity contribution in [3.63, 3.8) is 0 Å². The summed E-state index contributed by atoms with van der Waals surface area (Å²) in [6, 6.07) is 12.2. The summed E-state index contributed by atoms with van der Waals surface area (Å²) in [4.78, 5) is 12.8.